The van der Waals surface area contributed by atoms with Gasteiger partial charge in [-0.25, -0.2) is 0 Å². The molecule has 3 aromatic carbocycles. The summed E-state index contributed by atoms with van der Waals surface area (Å²) in [6.07, 6.45) is 0. The molecule has 5 heteroatoms. The van der Waals surface area contributed by atoms with Crippen LogP contribution in [-0.2, 0) is 0 Å². The molecule has 0 aromatic heterocycles. The molecular formula is C24H25Br2NO2. The van der Waals surface area contributed by atoms with E-state index in [4.69, 9.17) is 4.74 Å². The average molecular weight is 519 g/mol. The highest BCUT2D eigenvalue weighted by atomic mass is 79.9. The lowest BCUT2D eigenvalue weighted by molar-refractivity contribution is 0.0646. The molecule has 0 aliphatic heterocycles. The first-order valence-electron chi connectivity index (χ1n) is 9.63. The Kier molecular flexibility index (Phi) is 6.69. The summed E-state index contributed by atoms with van der Waals surface area (Å²) in [5.41, 5.74) is 2.51. The van der Waals surface area contributed by atoms with Crippen molar-refractivity contribution in [1.82, 2.24) is 4.90 Å². The van der Waals surface area contributed by atoms with Gasteiger partial charge in [-0.15, -0.1) is 0 Å². The highest BCUT2D eigenvalue weighted by Crippen LogP contribution is 2.39. The van der Waals surface area contributed by atoms with Gasteiger partial charge in [-0.1, -0.05) is 56.1 Å². The minimum absolute atomic E-state index is 0.0277. The van der Waals surface area contributed by atoms with Crippen LogP contribution in [0, 0.1) is 0 Å². The van der Waals surface area contributed by atoms with Crippen LogP contribution in [0.15, 0.2) is 57.5 Å². The molecule has 0 heterocycles. The van der Waals surface area contributed by atoms with Gasteiger partial charge in [-0.2, -0.15) is 0 Å². The van der Waals surface area contributed by atoms with Crippen LogP contribution >= 0.6 is 31.9 Å². The largest absolute Gasteiger partial charge is 0.496 e. The van der Waals surface area contributed by atoms with E-state index in [1.807, 2.05) is 53.4 Å². The maximum atomic E-state index is 13.9. The van der Waals surface area contributed by atoms with Gasteiger partial charge >= 0.3 is 0 Å². The number of benzene rings is 3. The van der Waals surface area contributed by atoms with Crippen molar-refractivity contribution in [2.24, 2.45) is 0 Å². The molecular weight excluding hydrogens is 494 g/mol. The molecule has 152 valence electrons. The highest BCUT2D eigenvalue weighted by molar-refractivity contribution is 9.11. The van der Waals surface area contributed by atoms with Gasteiger partial charge in [0.2, 0.25) is 0 Å². The summed E-state index contributed by atoms with van der Waals surface area (Å²) < 4.78 is 7.58. The number of hydrogen-bond donors (Lipinski definition) is 0. The summed E-state index contributed by atoms with van der Waals surface area (Å²) >= 11 is 7.15. The van der Waals surface area contributed by atoms with Gasteiger partial charge in [0.1, 0.15) is 5.75 Å². The van der Waals surface area contributed by atoms with Crippen molar-refractivity contribution in [2.45, 2.75) is 39.8 Å². The SMILES string of the molecule is COc1cc(-c2cc(Br)cc(Br)c2)c(C(=O)N(C(C)C)C(C)C)c2ccccc12. The molecule has 0 aliphatic carbocycles. The van der Waals surface area contributed by atoms with E-state index in [-0.39, 0.29) is 18.0 Å². The molecule has 0 atom stereocenters. The van der Waals surface area contributed by atoms with Gasteiger partial charge in [0, 0.05) is 26.4 Å². The third-order valence-electron chi connectivity index (χ3n) is 4.96. The average Bonchev–Trinajstić information content (AvgIpc) is 2.65. The minimum atomic E-state index is 0.0277. The Labute approximate surface area is 189 Å². The second kappa shape index (κ2) is 8.88. The smallest absolute Gasteiger partial charge is 0.255 e. The molecule has 0 radical (unpaired) electrons. The first-order chi connectivity index (χ1) is 13.7. The lowest BCUT2D eigenvalue weighted by atomic mass is 9.92. The van der Waals surface area contributed by atoms with E-state index in [1.165, 1.54) is 0 Å². The number of halogens is 2. The van der Waals surface area contributed by atoms with Gasteiger partial charge < -0.3 is 9.64 Å². The fraction of sp³-hybridized carbons (Fsp3) is 0.292. The normalized spacial score (nSPS) is 11.3. The number of fused-ring (bicyclic) bond motifs is 1. The van der Waals surface area contributed by atoms with Crippen LogP contribution in [0.3, 0.4) is 0 Å². The van der Waals surface area contributed by atoms with Crippen LogP contribution in [0.4, 0.5) is 0 Å². The molecule has 0 fully saturated rings. The maximum Gasteiger partial charge on any atom is 0.255 e. The summed E-state index contributed by atoms with van der Waals surface area (Å²) in [4.78, 5) is 15.8. The molecule has 0 saturated heterocycles. The van der Waals surface area contributed by atoms with E-state index in [9.17, 15) is 4.79 Å². The summed E-state index contributed by atoms with van der Waals surface area (Å²) in [5, 5.41) is 1.83. The molecule has 0 spiro atoms. The van der Waals surface area contributed by atoms with Crippen LogP contribution in [0.1, 0.15) is 38.1 Å². The van der Waals surface area contributed by atoms with E-state index in [1.54, 1.807) is 7.11 Å². The van der Waals surface area contributed by atoms with Crippen molar-refractivity contribution in [3.05, 3.63) is 63.0 Å². The second-order valence-electron chi connectivity index (χ2n) is 7.61. The van der Waals surface area contributed by atoms with Gasteiger partial charge in [-0.05, 0) is 68.5 Å². The predicted octanol–water partition coefficient (Wildman–Crippen LogP) is 7.30. The predicted molar refractivity (Wildman–Crippen MR) is 128 cm³/mol. The van der Waals surface area contributed by atoms with E-state index in [0.717, 1.165) is 36.6 Å². The van der Waals surface area contributed by atoms with Crippen molar-refractivity contribution in [1.29, 1.82) is 0 Å². The Balaban J connectivity index is 2.41. The van der Waals surface area contributed by atoms with Gasteiger partial charge in [0.15, 0.2) is 0 Å². The standard InChI is InChI=1S/C24H25Br2NO2/c1-14(2)27(15(3)4)24(28)23-20-9-7-6-8-19(20)22(29-5)13-21(23)16-10-17(25)12-18(26)11-16/h6-15H,1-5H3. The minimum Gasteiger partial charge on any atom is -0.496 e. The molecule has 3 nitrogen and oxygen atoms in total. The number of carbonyl (C=O) groups excluding carboxylic acids is 1. The summed E-state index contributed by atoms with van der Waals surface area (Å²) in [7, 11) is 1.67. The van der Waals surface area contributed by atoms with Crippen molar-refractivity contribution in [3.8, 4) is 16.9 Å². The van der Waals surface area contributed by atoms with E-state index in [2.05, 4.69) is 59.6 Å². The zero-order chi connectivity index (χ0) is 21.3. The fourth-order valence-corrected chi connectivity index (χ4v) is 5.17. The number of nitrogens with zero attached hydrogens (tertiary/aromatic N) is 1. The van der Waals surface area contributed by atoms with Gasteiger partial charge in [0.05, 0.1) is 12.7 Å². The van der Waals surface area contributed by atoms with E-state index in [0.29, 0.717) is 5.56 Å². The fourth-order valence-electron chi connectivity index (χ4n) is 3.87. The molecule has 3 aromatic rings. The third-order valence-corrected chi connectivity index (χ3v) is 5.88. The number of carbonyl (C=O) groups is 1. The van der Waals surface area contributed by atoms with Crippen molar-refractivity contribution in [3.63, 3.8) is 0 Å². The zero-order valence-electron chi connectivity index (χ0n) is 17.3. The molecule has 29 heavy (non-hydrogen) atoms. The molecule has 0 unspecified atom stereocenters. The summed E-state index contributed by atoms with van der Waals surface area (Å²) in [6.45, 7) is 8.22. The van der Waals surface area contributed by atoms with Crippen molar-refractivity contribution in [2.75, 3.05) is 7.11 Å². The van der Waals surface area contributed by atoms with Crippen LogP contribution in [0.2, 0.25) is 0 Å². The Morgan fingerprint density at radius 3 is 1.97 bits per heavy atom. The van der Waals surface area contributed by atoms with Gasteiger partial charge in [0.25, 0.3) is 5.91 Å². The number of methoxy groups -OCH3 is 1. The van der Waals surface area contributed by atoms with E-state index >= 15 is 0 Å². The number of hydrogen-bond acceptors (Lipinski definition) is 2. The number of rotatable bonds is 5. The quantitative estimate of drug-likeness (QED) is 0.354. The summed E-state index contributed by atoms with van der Waals surface area (Å²) in [6, 6.07) is 16.1. The summed E-state index contributed by atoms with van der Waals surface area (Å²) in [5.74, 6) is 0.781. The lowest BCUT2D eigenvalue weighted by Gasteiger charge is -2.32. The van der Waals surface area contributed by atoms with Crippen molar-refractivity contribution < 1.29 is 9.53 Å². The molecule has 0 bridgehead atoms. The number of ether oxygens (including phenoxy) is 1. The second-order valence-corrected chi connectivity index (χ2v) is 9.44. The first kappa shape index (κ1) is 21.8. The monoisotopic (exact) mass is 517 g/mol. The first-order valence-corrected chi connectivity index (χ1v) is 11.2. The topological polar surface area (TPSA) is 29.5 Å². The van der Waals surface area contributed by atoms with E-state index < -0.39 is 0 Å². The molecule has 0 N–H and O–H groups in total. The molecule has 0 saturated carbocycles. The molecule has 0 aliphatic rings. The number of amides is 1. The highest BCUT2D eigenvalue weighted by Gasteiger charge is 2.27. The maximum absolute atomic E-state index is 13.9. The van der Waals surface area contributed by atoms with Crippen molar-refractivity contribution >= 4 is 48.5 Å². The Hall–Kier alpha value is -1.85. The third kappa shape index (κ3) is 4.36. The lowest BCUT2D eigenvalue weighted by Crippen LogP contribution is -2.42. The Morgan fingerprint density at radius 1 is 0.897 bits per heavy atom. The Morgan fingerprint density at radius 2 is 1.45 bits per heavy atom. The van der Waals surface area contributed by atoms with Crippen LogP contribution in [0.25, 0.3) is 21.9 Å². The Bertz CT molecular complexity index is 1030. The van der Waals surface area contributed by atoms with Crippen LogP contribution in [-0.4, -0.2) is 30.0 Å². The van der Waals surface area contributed by atoms with Crippen LogP contribution < -0.4 is 4.74 Å². The zero-order valence-corrected chi connectivity index (χ0v) is 20.5. The molecule has 1 amide bonds. The van der Waals surface area contributed by atoms with Gasteiger partial charge in [-0.3, -0.25) is 4.79 Å². The van der Waals surface area contributed by atoms with Crippen LogP contribution in [0.5, 0.6) is 5.75 Å². The molecule has 3 rings (SSSR count).